The summed E-state index contributed by atoms with van der Waals surface area (Å²) >= 11 is 0. The van der Waals surface area contributed by atoms with Gasteiger partial charge in [-0.15, -0.1) is 0 Å². The summed E-state index contributed by atoms with van der Waals surface area (Å²) < 4.78 is 0. The van der Waals surface area contributed by atoms with Crippen molar-refractivity contribution in [3.63, 3.8) is 0 Å². The zero-order valence-electron chi connectivity index (χ0n) is 9.52. The van der Waals surface area contributed by atoms with E-state index >= 15 is 0 Å². The molecule has 3 heteroatoms. The zero-order valence-corrected chi connectivity index (χ0v) is 9.52. The summed E-state index contributed by atoms with van der Waals surface area (Å²) in [4.78, 5) is 0. The van der Waals surface area contributed by atoms with E-state index in [-0.39, 0.29) is 6.61 Å². The lowest BCUT2D eigenvalue weighted by Gasteiger charge is -2.29. The highest BCUT2D eigenvalue weighted by Gasteiger charge is 2.41. The number of rotatable bonds is 5. The van der Waals surface area contributed by atoms with Gasteiger partial charge in [-0.05, 0) is 43.9 Å². The van der Waals surface area contributed by atoms with Gasteiger partial charge in [0.1, 0.15) is 0 Å². The lowest BCUT2D eigenvalue weighted by Crippen LogP contribution is -2.41. The van der Waals surface area contributed by atoms with Crippen molar-refractivity contribution in [1.82, 2.24) is 5.32 Å². The monoisotopic (exact) mass is 213 g/mol. The molecule has 0 radical (unpaired) electrons. The quantitative estimate of drug-likeness (QED) is 0.632. The highest BCUT2D eigenvalue weighted by molar-refractivity contribution is 4.94. The van der Waals surface area contributed by atoms with Crippen molar-refractivity contribution >= 4 is 0 Å². The first kappa shape index (κ1) is 11.4. The van der Waals surface area contributed by atoms with E-state index < -0.39 is 6.10 Å². The molecule has 2 rings (SSSR count). The molecule has 0 spiro atoms. The summed E-state index contributed by atoms with van der Waals surface area (Å²) in [6.45, 7) is 2.59. The zero-order chi connectivity index (χ0) is 10.8. The Labute approximate surface area is 91.9 Å². The summed E-state index contributed by atoms with van der Waals surface area (Å²) in [7, 11) is 0. The first-order valence-electron chi connectivity index (χ1n) is 6.23. The molecule has 2 aliphatic carbocycles. The smallest absolute Gasteiger partial charge is 0.0895 e. The van der Waals surface area contributed by atoms with Gasteiger partial charge in [-0.1, -0.05) is 6.42 Å². The highest BCUT2D eigenvalue weighted by Crippen LogP contribution is 2.49. The van der Waals surface area contributed by atoms with Gasteiger partial charge in [0, 0.05) is 12.6 Å². The van der Waals surface area contributed by atoms with Crippen LogP contribution in [0.1, 0.15) is 32.6 Å². The van der Waals surface area contributed by atoms with Crippen molar-refractivity contribution in [2.75, 3.05) is 13.2 Å². The molecule has 3 N–H and O–H groups in total. The van der Waals surface area contributed by atoms with Gasteiger partial charge in [0.25, 0.3) is 0 Å². The number of nitrogens with one attached hydrogen (secondary N) is 1. The molecule has 0 aromatic carbocycles. The standard InChI is InChI=1S/C12H23NO2/c1-8(13-6-11(15)7-14)12-5-9-2-3-10(12)4-9/h8-15H,2-7H2,1H3/t8?,9?,10?,11-,12?/m0/s1. The van der Waals surface area contributed by atoms with Crippen molar-refractivity contribution in [2.45, 2.75) is 44.8 Å². The van der Waals surface area contributed by atoms with Crippen molar-refractivity contribution in [3.05, 3.63) is 0 Å². The Morgan fingerprint density at radius 3 is 2.67 bits per heavy atom. The second-order valence-corrected chi connectivity index (χ2v) is 5.37. The molecular weight excluding hydrogens is 190 g/mol. The van der Waals surface area contributed by atoms with Gasteiger partial charge in [-0.3, -0.25) is 0 Å². The van der Waals surface area contributed by atoms with Crippen LogP contribution in [0, 0.1) is 17.8 Å². The lowest BCUT2D eigenvalue weighted by atomic mass is 9.84. The van der Waals surface area contributed by atoms with Crippen LogP contribution in [0.3, 0.4) is 0 Å². The minimum Gasteiger partial charge on any atom is -0.394 e. The van der Waals surface area contributed by atoms with Gasteiger partial charge in [-0.2, -0.15) is 0 Å². The predicted octanol–water partition coefficient (Wildman–Crippen LogP) is 0.754. The fraction of sp³-hybridized carbons (Fsp3) is 1.00. The van der Waals surface area contributed by atoms with Crippen molar-refractivity contribution in [2.24, 2.45) is 17.8 Å². The second-order valence-electron chi connectivity index (χ2n) is 5.37. The minimum absolute atomic E-state index is 0.142. The van der Waals surface area contributed by atoms with Crippen LogP contribution >= 0.6 is 0 Å². The summed E-state index contributed by atoms with van der Waals surface area (Å²) in [5.74, 6) is 2.70. The van der Waals surface area contributed by atoms with Crippen molar-refractivity contribution in [1.29, 1.82) is 0 Å². The highest BCUT2D eigenvalue weighted by atomic mass is 16.3. The SMILES string of the molecule is CC(NC[C@H](O)CO)C1CC2CCC1C2. The van der Waals surface area contributed by atoms with Gasteiger partial charge >= 0.3 is 0 Å². The van der Waals surface area contributed by atoms with Gasteiger partial charge in [0.15, 0.2) is 0 Å². The Balaban J connectivity index is 1.74. The average molecular weight is 213 g/mol. The summed E-state index contributed by atoms with van der Waals surface area (Å²) in [5.41, 5.74) is 0. The third-order valence-corrected chi connectivity index (χ3v) is 4.32. The molecule has 0 saturated heterocycles. The van der Waals surface area contributed by atoms with E-state index in [1.165, 1.54) is 25.7 Å². The number of hydrogen-bond donors (Lipinski definition) is 3. The first-order valence-corrected chi connectivity index (χ1v) is 6.23. The number of fused-ring (bicyclic) bond motifs is 2. The minimum atomic E-state index is -0.606. The number of hydrogen-bond acceptors (Lipinski definition) is 3. The molecule has 0 aliphatic heterocycles. The molecule has 5 atom stereocenters. The molecular formula is C12H23NO2. The average Bonchev–Trinajstić information content (AvgIpc) is 2.86. The molecule has 0 aromatic rings. The topological polar surface area (TPSA) is 52.5 Å². The van der Waals surface area contributed by atoms with E-state index in [1.54, 1.807) is 0 Å². The molecule has 0 aromatic heterocycles. The number of aliphatic hydroxyl groups excluding tert-OH is 2. The third-order valence-electron chi connectivity index (χ3n) is 4.32. The molecule has 4 unspecified atom stereocenters. The van der Waals surface area contributed by atoms with Crippen molar-refractivity contribution < 1.29 is 10.2 Å². The molecule has 15 heavy (non-hydrogen) atoms. The molecule has 2 fully saturated rings. The fourth-order valence-electron chi connectivity index (χ4n) is 3.44. The normalized spacial score (nSPS) is 38.2. The van der Waals surface area contributed by atoms with E-state index in [2.05, 4.69) is 12.2 Å². The molecule has 2 bridgehead atoms. The molecule has 88 valence electrons. The second kappa shape index (κ2) is 4.81. The van der Waals surface area contributed by atoms with Crippen molar-refractivity contribution in [3.8, 4) is 0 Å². The Morgan fingerprint density at radius 1 is 1.33 bits per heavy atom. The molecule has 3 nitrogen and oxygen atoms in total. The van der Waals surface area contributed by atoms with Crippen LogP contribution < -0.4 is 5.32 Å². The van der Waals surface area contributed by atoms with Gasteiger partial charge < -0.3 is 15.5 Å². The Bertz CT molecular complexity index is 210. The molecule has 0 amide bonds. The third kappa shape index (κ3) is 2.52. The first-order chi connectivity index (χ1) is 7.20. The largest absolute Gasteiger partial charge is 0.394 e. The Hall–Kier alpha value is -0.120. The fourth-order valence-corrected chi connectivity index (χ4v) is 3.44. The van der Waals surface area contributed by atoms with Crippen LogP contribution in [0.25, 0.3) is 0 Å². The molecule has 0 heterocycles. The molecule has 2 saturated carbocycles. The van der Waals surface area contributed by atoms with Crippen LogP contribution in [0.4, 0.5) is 0 Å². The summed E-state index contributed by atoms with van der Waals surface area (Å²) in [6.07, 6.45) is 5.04. The predicted molar refractivity (Wildman–Crippen MR) is 59.5 cm³/mol. The lowest BCUT2D eigenvalue weighted by molar-refractivity contribution is 0.0883. The van der Waals surface area contributed by atoms with E-state index in [9.17, 15) is 5.11 Å². The van der Waals surface area contributed by atoms with E-state index in [4.69, 9.17) is 5.11 Å². The van der Waals surface area contributed by atoms with Gasteiger partial charge in [0.2, 0.25) is 0 Å². The maximum Gasteiger partial charge on any atom is 0.0895 e. The Kier molecular flexibility index (Phi) is 3.65. The maximum atomic E-state index is 9.27. The molecule has 2 aliphatic rings. The Morgan fingerprint density at radius 2 is 2.13 bits per heavy atom. The van der Waals surface area contributed by atoms with Crippen LogP contribution in [0.2, 0.25) is 0 Å². The summed E-state index contributed by atoms with van der Waals surface area (Å²) in [5, 5.41) is 21.3. The van der Waals surface area contributed by atoms with E-state index in [0.29, 0.717) is 12.6 Å². The summed E-state index contributed by atoms with van der Waals surface area (Å²) in [6, 6.07) is 0.487. The van der Waals surface area contributed by atoms with E-state index in [1.807, 2.05) is 0 Å². The maximum absolute atomic E-state index is 9.27. The van der Waals surface area contributed by atoms with Crippen LogP contribution in [0.15, 0.2) is 0 Å². The van der Waals surface area contributed by atoms with E-state index in [0.717, 1.165) is 17.8 Å². The van der Waals surface area contributed by atoms with Crippen LogP contribution in [0.5, 0.6) is 0 Å². The number of aliphatic hydroxyl groups is 2. The van der Waals surface area contributed by atoms with Crippen LogP contribution in [-0.2, 0) is 0 Å². The van der Waals surface area contributed by atoms with Gasteiger partial charge in [-0.25, -0.2) is 0 Å². The van der Waals surface area contributed by atoms with Gasteiger partial charge in [0.05, 0.1) is 12.7 Å². The van der Waals surface area contributed by atoms with Crippen LogP contribution in [-0.4, -0.2) is 35.5 Å².